The van der Waals surface area contributed by atoms with Crippen LogP contribution in [-0.4, -0.2) is 44.3 Å². The number of esters is 1. The highest BCUT2D eigenvalue weighted by atomic mass is 32.2. The summed E-state index contributed by atoms with van der Waals surface area (Å²) in [7, 11) is 1.70. The van der Waals surface area contributed by atoms with E-state index in [0.717, 1.165) is 0 Å². The number of aromatic nitrogens is 4. The van der Waals surface area contributed by atoms with Gasteiger partial charge in [0.15, 0.2) is 0 Å². The fourth-order valence-corrected chi connectivity index (χ4v) is 1.79. The van der Waals surface area contributed by atoms with Crippen LogP contribution in [0.25, 0.3) is 0 Å². The number of hydrogen-bond donors (Lipinski definition) is 0. The van der Waals surface area contributed by atoms with Crippen molar-refractivity contribution in [3.63, 3.8) is 0 Å². The van der Waals surface area contributed by atoms with Crippen molar-refractivity contribution < 1.29 is 14.3 Å². The van der Waals surface area contributed by atoms with Gasteiger partial charge in [-0.1, -0.05) is 11.8 Å². The highest BCUT2D eigenvalue weighted by Gasteiger charge is 2.10. The van der Waals surface area contributed by atoms with Crippen LogP contribution in [0.5, 0.6) is 0 Å². The maximum Gasteiger partial charge on any atom is 0.306 e. The summed E-state index contributed by atoms with van der Waals surface area (Å²) in [6, 6.07) is 0. The van der Waals surface area contributed by atoms with Crippen LogP contribution < -0.4 is 0 Å². The lowest BCUT2D eigenvalue weighted by Crippen LogP contribution is -2.09. The number of hydrogen-bond acceptors (Lipinski definition) is 7. The van der Waals surface area contributed by atoms with Gasteiger partial charge in [0.05, 0.1) is 18.8 Å². The predicted molar refractivity (Wildman–Crippen MR) is 60.4 cm³/mol. The lowest BCUT2D eigenvalue weighted by atomic mass is 10.2. The number of aryl methyl sites for hydroxylation is 1. The third-order valence-corrected chi connectivity index (χ3v) is 2.93. The third-order valence-electron chi connectivity index (χ3n) is 1.86. The maximum absolute atomic E-state index is 11.5. The lowest BCUT2D eigenvalue weighted by Gasteiger charge is -2.01. The molecule has 0 aromatic carbocycles. The molecule has 0 fully saturated rings. The summed E-state index contributed by atoms with van der Waals surface area (Å²) >= 11 is 1.25. The maximum atomic E-state index is 11.5. The average molecular weight is 258 g/mol. The van der Waals surface area contributed by atoms with Crippen LogP contribution in [0.15, 0.2) is 5.16 Å². The van der Waals surface area contributed by atoms with Gasteiger partial charge in [-0.15, -0.1) is 5.10 Å². The van der Waals surface area contributed by atoms with E-state index in [9.17, 15) is 9.59 Å². The number of carbonyl (C=O) groups is 2. The third kappa shape index (κ3) is 4.94. The summed E-state index contributed by atoms with van der Waals surface area (Å²) in [6.07, 6.45) is 0.321. The van der Waals surface area contributed by atoms with Crippen LogP contribution in [0, 0.1) is 0 Å². The summed E-state index contributed by atoms with van der Waals surface area (Å²) in [5.74, 6) is -0.106. The lowest BCUT2D eigenvalue weighted by molar-refractivity contribution is -0.144. The number of nitrogens with zero attached hydrogens (tertiary/aromatic N) is 4. The minimum absolute atomic E-state index is 0.0222. The molecule has 0 spiro atoms. The van der Waals surface area contributed by atoms with Gasteiger partial charge in [-0.25, -0.2) is 4.68 Å². The van der Waals surface area contributed by atoms with E-state index in [2.05, 4.69) is 15.5 Å². The van der Waals surface area contributed by atoms with E-state index in [1.54, 1.807) is 14.0 Å². The molecule has 17 heavy (non-hydrogen) atoms. The van der Waals surface area contributed by atoms with E-state index >= 15 is 0 Å². The van der Waals surface area contributed by atoms with Crippen molar-refractivity contribution in [3.8, 4) is 0 Å². The first-order valence-corrected chi connectivity index (χ1v) is 6.14. The molecule has 0 aliphatic heterocycles. The Morgan fingerprint density at radius 1 is 1.41 bits per heavy atom. The van der Waals surface area contributed by atoms with Crippen molar-refractivity contribution in [2.24, 2.45) is 7.05 Å². The molecule has 0 saturated heterocycles. The summed E-state index contributed by atoms with van der Waals surface area (Å²) in [5.41, 5.74) is 0. The van der Waals surface area contributed by atoms with Gasteiger partial charge >= 0.3 is 5.97 Å². The smallest absolute Gasteiger partial charge is 0.306 e. The first-order valence-electron chi connectivity index (χ1n) is 5.16. The van der Waals surface area contributed by atoms with Crippen LogP contribution >= 0.6 is 11.8 Å². The molecule has 0 radical (unpaired) electrons. The Hall–Kier alpha value is -1.44. The molecule has 0 N–H and O–H groups in total. The zero-order valence-corrected chi connectivity index (χ0v) is 10.6. The van der Waals surface area contributed by atoms with Crippen molar-refractivity contribution in [2.75, 3.05) is 12.4 Å². The summed E-state index contributed by atoms with van der Waals surface area (Å²) in [6.45, 7) is 2.07. The summed E-state index contributed by atoms with van der Waals surface area (Å²) in [5, 5.41) is 11.4. The van der Waals surface area contributed by atoms with E-state index in [4.69, 9.17) is 4.74 Å². The van der Waals surface area contributed by atoms with Crippen molar-refractivity contribution in [3.05, 3.63) is 0 Å². The zero-order chi connectivity index (χ0) is 12.7. The molecule has 7 nitrogen and oxygen atoms in total. The normalized spacial score (nSPS) is 10.2. The highest BCUT2D eigenvalue weighted by Crippen LogP contribution is 2.13. The molecular formula is C9H14N4O3S. The number of ether oxygens (including phenoxy) is 1. The molecule has 8 heteroatoms. The van der Waals surface area contributed by atoms with Gasteiger partial charge < -0.3 is 4.74 Å². The zero-order valence-electron chi connectivity index (χ0n) is 9.75. The van der Waals surface area contributed by atoms with Gasteiger partial charge in [0.2, 0.25) is 5.16 Å². The minimum Gasteiger partial charge on any atom is -0.466 e. The monoisotopic (exact) mass is 258 g/mol. The second-order valence-corrected chi connectivity index (χ2v) is 4.16. The minimum atomic E-state index is -0.342. The van der Waals surface area contributed by atoms with Gasteiger partial charge in [-0.05, 0) is 17.4 Å². The Labute approximate surface area is 103 Å². The fraction of sp³-hybridized carbons (Fsp3) is 0.667. The van der Waals surface area contributed by atoms with Crippen molar-refractivity contribution in [2.45, 2.75) is 24.9 Å². The van der Waals surface area contributed by atoms with E-state index in [1.807, 2.05) is 0 Å². The van der Waals surface area contributed by atoms with Crippen LogP contribution in [0.1, 0.15) is 19.8 Å². The molecule has 0 saturated carbocycles. The van der Waals surface area contributed by atoms with E-state index < -0.39 is 0 Å². The van der Waals surface area contributed by atoms with Gasteiger partial charge in [0, 0.05) is 13.5 Å². The Kier molecular flexibility index (Phi) is 5.61. The Morgan fingerprint density at radius 3 is 2.76 bits per heavy atom. The average Bonchev–Trinajstić information content (AvgIpc) is 2.70. The van der Waals surface area contributed by atoms with E-state index in [-0.39, 0.29) is 30.3 Å². The Bertz CT molecular complexity index is 393. The van der Waals surface area contributed by atoms with Crippen LogP contribution in [0.4, 0.5) is 0 Å². The number of tetrazole rings is 1. The second kappa shape index (κ2) is 7.00. The molecular weight excluding hydrogens is 244 g/mol. The molecule has 0 unspecified atom stereocenters. The van der Waals surface area contributed by atoms with E-state index in [0.29, 0.717) is 11.8 Å². The Morgan fingerprint density at radius 2 is 2.18 bits per heavy atom. The molecule has 1 aromatic heterocycles. The Balaban J connectivity index is 2.22. The first kappa shape index (κ1) is 13.6. The molecule has 1 heterocycles. The van der Waals surface area contributed by atoms with Crippen LogP contribution in [-0.2, 0) is 21.4 Å². The van der Waals surface area contributed by atoms with Gasteiger partial charge in [-0.3, -0.25) is 9.59 Å². The first-order chi connectivity index (χ1) is 8.13. The van der Waals surface area contributed by atoms with Crippen LogP contribution in [0.3, 0.4) is 0 Å². The number of Topliss-reactive ketones (excluding diaryl/α,β-unsaturated/α-hetero) is 1. The number of thioether (sulfide) groups is 1. The van der Waals surface area contributed by atoms with E-state index in [1.165, 1.54) is 16.4 Å². The molecule has 0 bridgehead atoms. The molecule has 1 rings (SSSR count). The second-order valence-electron chi connectivity index (χ2n) is 3.22. The predicted octanol–water partition coefficient (Wildman–Crippen LogP) is 0.215. The van der Waals surface area contributed by atoms with Crippen molar-refractivity contribution >= 4 is 23.5 Å². The van der Waals surface area contributed by atoms with Gasteiger partial charge in [0.1, 0.15) is 5.78 Å². The highest BCUT2D eigenvalue weighted by molar-refractivity contribution is 7.99. The standard InChI is InChI=1S/C9H14N4O3S/c1-3-16-8(15)5-4-7(14)6-17-9-10-11-12-13(9)2/h3-6H2,1-2H3. The number of carbonyl (C=O) groups excluding carboxylic acids is 2. The summed E-state index contributed by atoms with van der Waals surface area (Å²) in [4.78, 5) is 22.5. The number of rotatable bonds is 7. The summed E-state index contributed by atoms with van der Waals surface area (Å²) < 4.78 is 6.22. The van der Waals surface area contributed by atoms with Crippen molar-refractivity contribution in [1.82, 2.24) is 20.2 Å². The van der Waals surface area contributed by atoms with Crippen molar-refractivity contribution in [1.29, 1.82) is 0 Å². The van der Waals surface area contributed by atoms with Crippen LogP contribution in [0.2, 0.25) is 0 Å². The number of ketones is 1. The molecule has 0 aliphatic rings. The quantitative estimate of drug-likeness (QED) is 0.510. The largest absolute Gasteiger partial charge is 0.466 e. The van der Waals surface area contributed by atoms with Gasteiger partial charge in [-0.2, -0.15) is 0 Å². The molecule has 1 aromatic rings. The molecule has 0 aliphatic carbocycles. The molecule has 0 amide bonds. The fourth-order valence-electron chi connectivity index (χ4n) is 1.04. The topological polar surface area (TPSA) is 87.0 Å². The molecule has 94 valence electrons. The molecule has 0 atom stereocenters. The van der Waals surface area contributed by atoms with Gasteiger partial charge in [0.25, 0.3) is 0 Å². The SMILES string of the molecule is CCOC(=O)CCC(=O)CSc1nnnn1C.